The van der Waals surface area contributed by atoms with Crippen LogP contribution in [0.25, 0.3) is 0 Å². The van der Waals surface area contributed by atoms with Crippen molar-refractivity contribution in [3.05, 3.63) is 29.6 Å². The van der Waals surface area contributed by atoms with E-state index in [4.69, 9.17) is 9.79 Å². The van der Waals surface area contributed by atoms with E-state index in [2.05, 4.69) is 16.2 Å². The summed E-state index contributed by atoms with van der Waals surface area (Å²) in [5, 5.41) is 13.0. The molecule has 0 atom stereocenters. The first-order valence-electron chi connectivity index (χ1n) is 5.02. The van der Waals surface area contributed by atoms with Crippen molar-refractivity contribution in [1.29, 1.82) is 5.26 Å². The number of pyridine rings is 1. The summed E-state index contributed by atoms with van der Waals surface area (Å²) in [7, 11) is -1.68. The van der Waals surface area contributed by atoms with Gasteiger partial charge < -0.3 is 4.53 Å². The molecule has 0 aromatic carbocycles. The molecular weight excluding hydrogens is 218 g/mol. The minimum atomic E-state index is -1.68. The van der Waals surface area contributed by atoms with Crippen LogP contribution in [0, 0.1) is 11.3 Å². The highest BCUT2D eigenvalue weighted by Crippen LogP contribution is 2.08. The van der Waals surface area contributed by atoms with Crippen molar-refractivity contribution >= 4 is 14.0 Å². The smallest absolute Gasteiger partial charge is 0.278 e. The van der Waals surface area contributed by atoms with Crippen molar-refractivity contribution in [2.45, 2.75) is 26.6 Å². The Hall–Kier alpha value is -1.67. The number of rotatable bonds is 3. The van der Waals surface area contributed by atoms with Gasteiger partial charge in [0.2, 0.25) is 0 Å². The van der Waals surface area contributed by atoms with Crippen molar-refractivity contribution in [1.82, 2.24) is 4.98 Å². The molecule has 0 fully saturated rings. The molecule has 0 bridgehead atoms. The molecule has 0 aliphatic rings. The molecule has 16 heavy (non-hydrogen) atoms. The van der Waals surface area contributed by atoms with Crippen LogP contribution in [0.3, 0.4) is 0 Å². The summed E-state index contributed by atoms with van der Waals surface area (Å²) in [6.45, 7) is 7.94. The Kier molecular flexibility index (Phi) is 3.80. The molecule has 84 valence electrons. The number of nitriles is 1. The number of hydrogen-bond donors (Lipinski definition) is 0. The predicted molar refractivity (Wildman–Crippen MR) is 65.6 cm³/mol. The summed E-state index contributed by atoms with van der Waals surface area (Å²) in [6.07, 6.45) is 1.64. The predicted octanol–water partition coefficient (Wildman–Crippen LogP) is 2.53. The normalized spacial score (nSPS) is 12.1. The molecule has 0 unspecified atom stereocenters. The summed E-state index contributed by atoms with van der Waals surface area (Å²) < 4.78 is 5.42. The topological polar surface area (TPSA) is 58.3 Å². The molecule has 1 rings (SSSR count). The van der Waals surface area contributed by atoms with Gasteiger partial charge in [-0.15, -0.1) is 5.16 Å². The van der Waals surface area contributed by atoms with Crippen molar-refractivity contribution < 1.29 is 4.53 Å². The highest BCUT2D eigenvalue weighted by Gasteiger charge is 2.16. The molecule has 0 aliphatic heterocycles. The van der Waals surface area contributed by atoms with Gasteiger partial charge >= 0.3 is 0 Å². The lowest BCUT2D eigenvalue weighted by Gasteiger charge is -2.13. The maximum absolute atomic E-state index is 8.92. The molecule has 0 radical (unpaired) electrons. The van der Waals surface area contributed by atoms with Gasteiger partial charge in [0.1, 0.15) is 17.5 Å². The fourth-order valence-corrected chi connectivity index (χ4v) is 1.44. The van der Waals surface area contributed by atoms with Gasteiger partial charge in [-0.1, -0.05) is 0 Å². The molecule has 0 spiro atoms. The Morgan fingerprint density at radius 2 is 2.19 bits per heavy atom. The Labute approximate surface area is 96.7 Å². The van der Waals surface area contributed by atoms with Gasteiger partial charge in [0.05, 0.1) is 5.56 Å². The van der Waals surface area contributed by atoms with E-state index < -0.39 is 8.32 Å². The fourth-order valence-electron chi connectivity index (χ4n) is 1.03. The quantitative estimate of drug-likeness (QED) is 0.458. The minimum Gasteiger partial charge on any atom is -0.455 e. The molecule has 0 N–H and O–H groups in total. The zero-order valence-corrected chi connectivity index (χ0v) is 11.0. The van der Waals surface area contributed by atoms with Gasteiger partial charge in [-0.25, -0.2) is 0 Å². The molecule has 0 saturated heterocycles. The van der Waals surface area contributed by atoms with E-state index in [1.54, 1.807) is 25.3 Å². The molecule has 4 nitrogen and oxygen atoms in total. The second kappa shape index (κ2) is 4.90. The molecule has 1 aromatic heterocycles. The zero-order chi connectivity index (χ0) is 12.2. The van der Waals surface area contributed by atoms with Crippen LogP contribution in [0.15, 0.2) is 23.5 Å². The molecule has 1 aromatic rings. The molecule has 1 heterocycles. The van der Waals surface area contributed by atoms with E-state index in [1.807, 2.05) is 19.6 Å². The first kappa shape index (κ1) is 12.4. The first-order chi connectivity index (χ1) is 7.44. The highest BCUT2D eigenvalue weighted by atomic mass is 28.4. The Balaban J connectivity index is 2.97. The number of oxime groups is 1. The molecule has 0 amide bonds. The van der Waals surface area contributed by atoms with Crippen LogP contribution in [0.2, 0.25) is 19.6 Å². The summed E-state index contributed by atoms with van der Waals surface area (Å²) in [5.41, 5.74) is 1.74. The summed E-state index contributed by atoms with van der Waals surface area (Å²) in [4.78, 5) is 4.13. The second-order valence-electron chi connectivity index (χ2n) is 4.39. The van der Waals surface area contributed by atoms with Gasteiger partial charge in [-0.2, -0.15) is 5.26 Å². The average Bonchev–Trinajstić information content (AvgIpc) is 2.25. The summed E-state index contributed by atoms with van der Waals surface area (Å²) in [5.74, 6) is 0. The lowest BCUT2D eigenvalue weighted by atomic mass is 10.1. The standard InChI is InChI=1S/C11H15N3OSi/c1-9(14-15-16(2,3)4)11-10(8-12)6-5-7-13-11/h5-7H,1-4H3. The van der Waals surface area contributed by atoms with E-state index in [0.717, 1.165) is 0 Å². The fraction of sp³-hybridized carbons (Fsp3) is 0.364. The summed E-state index contributed by atoms with van der Waals surface area (Å²) in [6, 6.07) is 5.54. The molecule has 0 saturated carbocycles. The van der Waals surface area contributed by atoms with E-state index in [0.29, 0.717) is 17.0 Å². The number of hydrogen-bond acceptors (Lipinski definition) is 4. The minimum absolute atomic E-state index is 0.517. The van der Waals surface area contributed by atoms with Crippen LogP contribution in [0.4, 0.5) is 0 Å². The van der Waals surface area contributed by atoms with Crippen LogP contribution in [0.1, 0.15) is 18.2 Å². The zero-order valence-electron chi connectivity index (χ0n) is 9.98. The van der Waals surface area contributed by atoms with Gasteiger partial charge in [0.15, 0.2) is 0 Å². The lowest BCUT2D eigenvalue weighted by molar-refractivity contribution is 0.335. The summed E-state index contributed by atoms with van der Waals surface area (Å²) >= 11 is 0. The third-order valence-electron chi connectivity index (χ3n) is 1.73. The Morgan fingerprint density at radius 3 is 2.75 bits per heavy atom. The second-order valence-corrected chi connectivity index (χ2v) is 8.80. The molecular formula is C11H15N3OSi. The van der Waals surface area contributed by atoms with E-state index in [9.17, 15) is 0 Å². The SMILES string of the molecule is CC(=NO[Si](C)(C)C)c1ncccc1C#N. The van der Waals surface area contributed by atoms with Gasteiger partial charge in [0.25, 0.3) is 8.32 Å². The van der Waals surface area contributed by atoms with Crippen molar-refractivity contribution in [3.63, 3.8) is 0 Å². The van der Waals surface area contributed by atoms with Crippen molar-refractivity contribution in [3.8, 4) is 6.07 Å². The van der Waals surface area contributed by atoms with Gasteiger partial charge in [-0.05, 0) is 38.7 Å². The molecule has 0 aliphatic carbocycles. The monoisotopic (exact) mass is 233 g/mol. The third kappa shape index (κ3) is 3.48. The lowest BCUT2D eigenvalue weighted by Crippen LogP contribution is -2.23. The van der Waals surface area contributed by atoms with Crippen LogP contribution in [-0.2, 0) is 4.53 Å². The number of nitrogens with zero attached hydrogens (tertiary/aromatic N) is 3. The van der Waals surface area contributed by atoms with Crippen molar-refractivity contribution in [2.24, 2.45) is 5.16 Å². The number of aromatic nitrogens is 1. The van der Waals surface area contributed by atoms with E-state index >= 15 is 0 Å². The van der Waals surface area contributed by atoms with Crippen molar-refractivity contribution in [2.75, 3.05) is 0 Å². The average molecular weight is 233 g/mol. The van der Waals surface area contributed by atoms with Crippen LogP contribution in [-0.4, -0.2) is 19.0 Å². The maximum Gasteiger partial charge on any atom is 0.278 e. The molecule has 5 heteroatoms. The van der Waals surface area contributed by atoms with Gasteiger partial charge in [0, 0.05) is 6.20 Å². The Bertz CT molecular complexity index is 443. The van der Waals surface area contributed by atoms with Crippen LogP contribution >= 0.6 is 0 Å². The van der Waals surface area contributed by atoms with Crippen LogP contribution < -0.4 is 0 Å². The maximum atomic E-state index is 8.92. The van der Waals surface area contributed by atoms with Crippen LogP contribution in [0.5, 0.6) is 0 Å². The van der Waals surface area contributed by atoms with E-state index in [-0.39, 0.29) is 0 Å². The first-order valence-corrected chi connectivity index (χ1v) is 8.43. The van der Waals surface area contributed by atoms with E-state index in [1.165, 1.54) is 0 Å². The third-order valence-corrected chi connectivity index (χ3v) is 2.37. The highest BCUT2D eigenvalue weighted by molar-refractivity contribution is 6.69. The largest absolute Gasteiger partial charge is 0.455 e. The van der Waals surface area contributed by atoms with Gasteiger partial charge in [-0.3, -0.25) is 4.98 Å². The Morgan fingerprint density at radius 1 is 1.50 bits per heavy atom.